The Labute approximate surface area is 263 Å². The van der Waals surface area contributed by atoms with Crippen molar-refractivity contribution in [1.29, 1.82) is 0 Å². The predicted octanol–water partition coefficient (Wildman–Crippen LogP) is 4.29. The lowest BCUT2D eigenvalue weighted by atomic mass is 9.69. The van der Waals surface area contributed by atoms with Gasteiger partial charge in [0.15, 0.2) is 28.8 Å². The summed E-state index contributed by atoms with van der Waals surface area (Å²) in [7, 11) is 4.16. The number of phenols is 1. The molecule has 3 heterocycles. The average molecular weight is 638 g/mol. The normalized spacial score (nSPS) is 21.4. The van der Waals surface area contributed by atoms with Crippen molar-refractivity contribution in [1.82, 2.24) is 14.9 Å². The fourth-order valence-electron chi connectivity index (χ4n) is 6.57. The van der Waals surface area contributed by atoms with Crippen LogP contribution in [0.1, 0.15) is 53.0 Å². The molecule has 6 rings (SSSR count). The first-order valence-corrected chi connectivity index (χ1v) is 14.7. The fourth-order valence-corrected chi connectivity index (χ4v) is 6.83. The maximum atomic E-state index is 14.3. The van der Waals surface area contributed by atoms with Gasteiger partial charge in [-0.05, 0) is 17.7 Å². The van der Waals surface area contributed by atoms with E-state index in [-0.39, 0.29) is 63.7 Å². The topological polar surface area (TPSA) is 161 Å². The molecule has 1 amide bonds. The van der Waals surface area contributed by atoms with E-state index in [1.165, 1.54) is 39.5 Å². The molecule has 0 fully saturated rings. The van der Waals surface area contributed by atoms with E-state index in [1.807, 2.05) is 0 Å². The number of halogens is 1. The van der Waals surface area contributed by atoms with Crippen LogP contribution in [0.15, 0.2) is 41.9 Å². The number of H-pyrrole nitrogens is 1. The summed E-state index contributed by atoms with van der Waals surface area (Å²) >= 11 is 6.58. The summed E-state index contributed by atoms with van der Waals surface area (Å²) < 4.78 is 22.4. The van der Waals surface area contributed by atoms with E-state index < -0.39 is 34.8 Å². The number of ketones is 2. The molecular formula is C32H32ClN3O9. The standard InChI is InChI=1S/C32H32ClN3O9/c1-15-9-21(38)26(30(40)32(15)31(41)27-23(43-3)12-24(44-4)28(33)29(27)45-32)17(16-5-6-20(37)22(10-16)42-2)11-25(39)36-8-7-18-19(13-36)35-14-34-18/h5-6,10,12,14-15,17,37,40H,7-9,11,13H2,1-4H3,(H,34,35). The highest BCUT2D eigenvalue weighted by atomic mass is 35.5. The van der Waals surface area contributed by atoms with Gasteiger partial charge < -0.3 is 39.0 Å². The molecule has 0 bridgehead atoms. The van der Waals surface area contributed by atoms with Crippen molar-refractivity contribution in [3.05, 3.63) is 69.5 Å². The molecule has 12 nitrogen and oxygen atoms in total. The van der Waals surface area contributed by atoms with Crippen LogP contribution in [0, 0.1) is 5.92 Å². The van der Waals surface area contributed by atoms with Crippen LogP contribution < -0.4 is 18.9 Å². The monoisotopic (exact) mass is 637 g/mol. The molecule has 3 aromatic rings. The number of phenolic OH excluding ortho intramolecular Hbond substituents is 1. The van der Waals surface area contributed by atoms with E-state index >= 15 is 0 Å². The first-order chi connectivity index (χ1) is 21.5. The van der Waals surface area contributed by atoms with Gasteiger partial charge in [-0.25, -0.2) is 4.98 Å². The molecule has 13 heteroatoms. The Morgan fingerprint density at radius 3 is 2.60 bits per heavy atom. The summed E-state index contributed by atoms with van der Waals surface area (Å²) in [6.07, 6.45) is 1.74. The number of methoxy groups -OCH3 is 3. The zero-order valence-electron chi connectivity index (χ0n) is 25.1. The highest BCUT2D eigenvalue weighted by molar-refractivity contribution is 6.35. The number of benzene rings is 2. The molecule has 3 unspecified atom stereocenters. The number of carbonyl (C=O) groups excluding carboxylic acids is 3. The lowest BCUT2D eigenvalue weighted by Gasteiger charge is -2.39. The smallest absolute Gasteiger partial charge is 0.231 e. The number of fused-ring (bicyclic) bond motifs is 2. The number of amides is 1. The molecule has 3 atom stereocenters. The third-order valence-corrected chi connectivity index (χ3v) is 9.33. The average Bonchev–Trinajstić information content (AvgIpc) is 3.63. The lowest BCUT2D eigenvalue weighted by Crippen LogP contribution is -2.53. The number of aromatic nitrogens is 2. The third-order valence-electron chi connectivity index (χ3n) is 8.97. The minimum absolute atomic E-state index is 0.00949. The van der Waals surface area contributed by atoms with Gasteiger partial charge in [0.25, 0.3) is 0 Å². The Morgan fingerprint density at radius 1 is 1.16 bits per heavy atom. The van der Waals surface area contributed by atoms with Gasteiger partial charge in [-0.1, -0.05) is 24.6 Å². The molecule has 0 saturated carbocycles. The number of rotatable bonds is 7. The molecule has 0 radical (unpaired) electrons. The van der Waals surface area contributed by atoms with E-state index in [0.29, 0.717) is 25.1 Å². The minimum atomic E-state index is -2.02. The van der Waals surface area contributed by atoms with E-state index in [0.717, 1.165) is 11.4 Å². The zero-order valence-corrected chi connectivity index (χ0v) is 25.9. The molecule has 0 saturated heterocycles. The number of ether oxygens (including phenoxy) is 4. The molecule has 45 heavy (non-hydrogen) atoms. The van der Waals surface area contributed by atoms with Crippen molar-refractivity contribution in [2.45, 2.75) is 44.2 Å². The number of carbonyl (C=O) groups is 3. The summed E-state index contributed by atoms with van der Waals surface area (Å²) in [5, 5.41) is 22.4. The fraction of sp³-hybridized carbons (Fsp3) is 0.375. The third kappa shape index (κ3) is 4.66. The molecule has 236 valence electrons. The van der Waals surface area contributed by atoms with Gasteiger partial charge in [0.2, 0.25) is 17.3 Å². The largest absolute Gasteiger partial charge is 0.507 e. The Balaban J connectivity index is 1.49. The molecule has 2 aromatic carbocycles. The van der Waals surface area contributed by atoms with Crippen LogP contribution in [-0.4, -0.2) is 76.0 Å². The SMILES string of the molecule is COc1cc(C(CC(=O)N2CCc3nc[nH]c3C2)C2=C(O)C3(Oc4c(Cl)c(OC)cc(OC)c4C3=O)C(C)CC2=O)ccc1O. The van der Waals surface area contributed by atoms with Gasteiger partial charge in [0.05, 0.1) is 45.6 Å². The van der Waals surface area contributed by atoms with Crippen molar-refractivity contribution < 1.29 is 43.5 Å². The summed E-state index contributed by atoms with van der Waals surface area (Å²) in [6, 6.07) is 5.89. The summed E-state index contributed by atoms with van der Waals surface area (Å²) in [4.78, 5) is 51.0. The van der Waals surface area contributed by atoms with Crippen LogP contribution in [0.4, 0.5) is 0 Å². The Hall–Kier alpha value is -4.71. The van der Waals surface area contributed by atoms with Crippen molar-refractivity contribution >= 4 is 29.1 Å². The predicted molar refractivity (Wildman–Crippen MR) is 160 cm³/mol. The summed E-state index contributed by atoms with van der Waals surface area (Å²) in [5.41, 5.74) is -0.0239. The number of aliphatic hydroxyl groups is 1. The van der Waals surface area contributed by atoms with Crippen LogP contribution in [0.2, 0.25) is 5.02 Å². The van der Waals surface area contributed by atoms with Gasteiger partial charge in [0, 0.05) is 49.3 Å². The van der Waals surface area contributed by atoms with Gasteiger partial charge in [-0.2, -0.15) is 0 Å². The second-order valence-electron chi connectivity index (χ2n) is 11.3. The lowest BCUT2D eigenvalue weighted by molar-refractivity contribution is -0.132. The molecule has 3 N–H and O–H groups in total. The van der Waals surface area contributed by atoms with E-state index in [4.69, 9.17) is 30.5 Å². The highest BCUT2D eigenvalue weighted by Gasteiger charge is 2.61. The van der Waals surface area contributed by atoms with Gasteiger partial charge >= 0.3 is 0 Å². The molecule has 1 aromatic heterocycles. The van der Waals surface area contributed by atoms with Crippen molar-refractivity contribution in [3.8, 4) is 28.7 Å². The zero-order chi connectivity index (χ0) is 32.2. The molecular weight excluding hydrogens is 606 g/mol. The van der Waals surface area contributed by atoms with Gasteiger partial charge in [-0.15, -0.1) is 0 Å². The van der Waals surface area contributed by atoms with E-state index in [2.05, 4.69) is 9.97 Å². The number of imidazole rings is 1. The number of aromatic hydroxyl groups is 1. The minimum Gasteiger partial charge on any atom is -0.507 e. The van der Waals surface area contributed by atoms with Crippen LogP contribution in [0.3, 0.4) is 0 Å². The van der Waals surface area contributed by atoms with Crippen molar-refractivity contribution in [3.63, 3.8) is 0 Å². The number of aliphatic hydroxyl groups excluding tert-OH is 1. The van der Waals surface area contributed by atoms with Crippen LogP contribution in [0.5, 0.6) is 28.7 Å². The number of hydrogen-bond acceptors (Lipinski definition) is 10. The number of nitrogens with zero attached hydrogens (tertiary/aromatic N) is 2. The second kappa shape index (κ2) is 11.3. The number of aromatic amines is 1. The van der Waals surface area contributed by atoms with Gasteiger partial charge in [0.1, 0.15) is 22.1 Å². The number of nitrogens with one attached hydrogen (secondary N) is 1. The van der Waals surface area contributed by atoms with E-state index in [9.17, 15) is 24.6 Å². The van der Waals surface area contributed by atoms with Crippen LogP contribution in [-0.2, 0) is 22.6 Å². The first-order valence-electron chi connectivity index (χ1n) is 14.4. The van der Waals surface area contributed by atoms with Crippen LogP contribution in [0.25, 0.3) is 0 Å². The number of Topliss-reactive ketones (excluding diaryl/α,β-unsaturated/α-hetero) is 2. The van der Waals surface area contributed by atoms with E-state index in [1.54, 1.807) is 24.2 Å². The van der Waals surface area contributed by atoms with Crippen molar-refractivity contribution in [2.75, 3.05) is 27.9 Å². The summed E-state index contributed by atoms with van der Waals surface area (Å²) in [5.74, 6) is -3.56. The highest BCUT2D eigenvalue weighted by Crippen LogP contribution is 2.56. The molecule has 2 aliphatic heterocycles. The molecule has 1 aliphatic carbocycles. The molecule has 3 aliphatic rings. The number of allylic oxidation sites excluding steroid dienone is 1. The maximum Gasteiger partial charge on any atom is 0.231 e. The quantitative estimate of drug-likeness (QED) is 0.341. The Kier molecular flexibility index (Phi) is 7.64. The maximum absolute atomic E-state index is 14.3. The number of hydrogen-bond donors (Lipinski definition) is 3. The molecule has 1 spiro atoms. The van der Waals surface area contributed by atoms with Crippen molar-refractivity contribution in [2.24, 2.45) is 5.92 Å². The Bertz CT molecular complexity index is 1770. The van der Waals surface area contributed by atoms with Crippen LogP contribution >= 0.6 is 11.6 Å². The first kappa shape index (κ1) is 30.3. The Morgan fingerprint density at radius 2 is 1.89 bits per heavy atom. The second-order valence-corrected chi connectivity index (χ2v) is 11.7. The summed E-state index contributed by atoms with van der Waals surface area (Å²) in [6.45, 7) is 2.35. The van der Waals surface area contributed by atoms with Gasteiger partial charge in [-0.3, -0.25) is 14.4 Å².